The van der Waals surface area contributed by atoms with Gasteiger partial charge in [0.1, 0.15) is 6.79 Å². The fourth-order valence-corrected chi connectivity index (χ4v) is 5.70. The second-order valence-corrected chi connectivity index (χ2v) is 7.79. The van der Waals surface area contributed by atoms with E-state index in [0.29, 0.717) is 12.9 Å². The molecule has 5 rings (SSSR count). The first-order valence-electron chi connectivity index (χ1n) is 8.57. The van der Waals surface area contributed by atoms with E-state index in [1.807, 2.05) is 0 Å². The molecule has 2 heteroatoms. The third-order valence-corrected chi connectivity index (χ3v) is 6.20. The van der Waals surface area contributed by atoms with Crippen molar-refractivity contribution >= 4 is 0 Å². The molecular weight excluding hydrogens is 236 g/mol. The van der Waals surface area contributed by atoms with Crippen LogP contribution in [0.3, 0.4) is 0 Å². The minimum atomic E-state index is 0.226. The summed E-state index contributed by atoms with van der Waals surface area (Å²) in [6.07, 6.45) is 15.5. The van der Waals surface area contributed by atoms with Gasteiger partial charge in [-0.05, 0) is 69.1 Å². The number of hydrogen-bond acceptors (Lipinski definition) is 2. The van der Waals surface area contributed by atoms with E-state index in [0.717, 1.165) is 17.8 Å². The lowest BCUT2D eigenvalue weighted by atomic mass is 9.54. The standard InChI is InChI=1S/C17H28O2/c1-2-4-16(5-3-1)18-12-19-17-9-13-6-14(10-17)8-15(7-13)11-17/h13-16H,1-12H2. The van der Waals surface area contributed by atoms with Gasteiger partial charge < -0.3 is 9.47 Å². The molecule has 0 atom stereocenters. The zero-order chi connectivity index (χ0) is 12.7. The van der Waals surface area contributed by atoms with Crippen LogP contribution in [0.25, 0.3) is 0 Å². The molecule has 0 spiro atoms. The van der Waals surface area contributed by atoms with Gasteiger partial charge in [-0.2, -0.15) is 0 Å². The third kappa shape index (κ3) is 2.58. The highest BCUT2D eigenvalue weighted by molar-refractivity contribution is 5.02. The molecule has 5 aliphatic carbocycles. The van der Waals surface area contributed by atoms with Gasteiger partial charge in [-0.3, -0.25) is 0 Å². The summed E-state index contributed by atoms with van der Waals surface area (Å²) < 4.78 is 12.3. The Kier molecular flexibility index (Phi) is 3.35. The predicted molar refractivity (Wildman–Crippen MR) is 74.8 cm³/mol. The van der Waals surface area contributed by atoms with E-state index < -0.39 is 0 Å². The smallest absolute Gasteiger partial charge is 0.147 e. The number of hydrogen-bond donors (Lipinski definition) is 0. The van der Waals surface area contributed by atoms with E-state index in [1.165, 1.54) is 70.6 Å². The van der Waals surface area contributed by atoms with Gasteiger partial charge in [0.15, 0.2) is 0 Å². The highest BCUT2D eigenvalue weighted by Crippen LogP contribution is 2.57. The van der Waals surface area contributed by atoms with Crippen molar-refractivity contribution in [3.8, 4) is 0 Å². The summed E-state index contributed by atoms with van der Waals surface area (Å²) in [6, 6.07) is 0. The Bertz CT molecular complexity index is 284. The summed E-state index contributed by atoms with van der Waals surface area (Å²) in [5.41, 5.74) is 0.226. The van der Waals surface area contributed by atoms with Crippen molar-refractivity contribution in [3.05, 3.63) is 0 Å². The number of ether oxygens (including phenoxy) is 2. The highest BCUT2D eigenvalue weighted by Gasteiger charge is 2.51. The van der Waals surface area contributed by atoms with Crippen LogP contribution in [-0.2, 0) is 9.47 Å². The Morgan fingerprint density at radius 1 is 0.789 bits per heavy atom. The minimum absolute atomic E-state index is 0.226. The molecule has 0 saturated heterocycles. The van der Waals surface area contributed by atoms with Crippen LogP contribution < -0.4 is 0 Å². The summed E-state index contributed by atoms with van der Waals surface area (Å²) in [6.45, 7) is 0.566. The molecule has 0 aromatic carbocycles. The normalized spacial score (nSPS) is 45.8. The molecule has 0 unspecified atom stereocenters. The van der Waals surface area contributed by atoms with E-state index in [2.05, 4.69) is 0 Å². The summed E-state index contributed by atoms with van der Waals surface area (Å²) in [4.78, 5) is 0. The van der Waals surface area contributed by atoms with Crippen LogP contribution in [0.5, 0.6) is 0 Å². The summed E-state index contributed by atoms with van der Waals surface area (Å²) in [7, 11) is 0. The Morgan fingerprint density at radius 2 is 1.37 bits per heavy atom. The molecule has 5 fully saturated rings. The first-order valence-corrected chi connectivity index (χ1v) is 8.57. The molecule has 0 heterocycles. The molecule has 4 bridgehead atoms. The maximum absolute atomic E-state index is 6.32. The monoisotopic (exact) mass is 264 g/mol. The maximum atomic E-state index is 6.32. The molecule has 5 aliphatic rings. The lowest BCUT2D eigenvalue weighted by Gasteiger charge is -2.56. The molecule has 0 radical (unpaired) electrons. The van der Waals surface area contributed by atoms with Crippen LogP contribution in [-0.4, -0.2) is 18.5 Å². The lowest BCUT2D eigenvalue weighted by Crippen LogP contribution is -2.52. The van der Waals surface area contributed by atoms with Crippen molar-refractivity contribution in [1.82, 2.24) is 0 Å². The van der Waals surface area contributed by atoms with Gasteiger partial charge in [0, 0.05) is 0 Å². The van der Waals surface area contributed by atoms with Gasteiger partial charge in [-0.15, -0.1) is 0 Å². The van der Waals surface area contributed by atoms with E-state index in [1.54, 1.807) is 0 Å². The topological polar surface area (TPSA) is 18.5 Å². The van der Waals surface area contributed by atoms with Crippen LogP contribution in [0.1, 0.15) is 70.6 Å². The molecular formula is C17H28O2. The summed E-state index contributed by atoms with van der Waals surface area (Å²) in [5.74, 6) is 2.92. The first kappa shape index (κ1) is 12.6. The van der Waals surface area contributed by atoms with E-state index in [9.17, 15) is 0 Å². The van der Waals surface area contributed by atoms with Crippen molar-refractivity contribution in [3.63, 3.8) is 0 Å². The van der Waals surface area contributed by atoms with Crippen molar-refractivity contribution in [1.29, 1.82) is 0 Å². The van der Waals surface area contributed by atoms with E-state index in [-0.39, 0.29) is 5.60 Å². The Balaban J connectivity index is 1.30. The van der Waals surface area contributed by atoms with Crippen LogP contribution in [0, 0.1) is 17.8 Å². The van der Waals surface area contributed by atoms with Crippen molar-refractivity contribution in [2.45, 2.75) is 82.3 Å². The first-order chi connectivity index (χ1) is 9.31. The van der Waals surface area contributed by atoms with Gasteiger partial charge in [0.05, 0.1) is 11.7 Å². The molecule has 2 nitrogen and oxygen atoms in total. The van der Waals surface area contributed by atoms with Crippen molar-refractivity contribution in [2.75, 3.05) is 6.79 Å². The van der Waals surface area contributed by atoms with Crippen LogP contribution in [0.2, 0.25) is 0 Å². The molecule has 5 saturated carbocycles. The molecule has 19 heavy (non-hydrogen) atoms. The maximum Gasteiger partial charge on any atom is 0.147 e. The fraction of sp³-hybridized carbons (Fsp3) is 1.00. The van der Waals surface area contributed by atoms with Crippen LogP contribution >= 0.6 is 0 Å². The van der Waals surface area contributed by atoms with Crippen LogP contribution in [0.15, 0.2) is 0 Å². The van der Waals surface area contributed by atoms with Gasteiger partial charge in [0.2, 0.25) is 0 Å². The summed E-state index contributed by atoms with van der Waals surface area (Å²) >= 11 is 0. The molecule has 0 aliphatic heterocycles. The van der Waals surface area contributed by atoms with Gasteiger partial charge >= 0.3 is 0 Å². The van der Waals surface area contributed by atoms with Crippen molar-refractivity contribution in [2.24, 2.45) is 17.8 Å². The highest BCUT2D eigenvalue weighted by atomic mass is 16.7. The fourth-order valence-electron chi connectivity index (χ4n) is 5.70. The average molecular weight is 264 g/mol. The second-order valence-electron chi connectivity index (χ2n) is 7.79. The lowest BCUT2D eigenvalue weighted by molar-refractivity contribution is -0.220. The Hall–Kier alpha value is -0.0800. The zero-order valence-electron chi connectivity index (χ0n) is 12.1. The zero-order valence-corrected chi connectivity index (χ0v) is 12.1. The van der Waals surface area contributed by atoms with E-state index >= 15 is 0 Å². The Morgan fingerprint density at radius 3 is 1.95 bits per heavy atom. The minimum Gasteiger partial charge on any atom is -0.352 e. The van der Waals surface area contributed by atoms with Gasteiger partial charge in [-0.1, -0.05) is 19.3 Å². The molecule has 0 N–H and O–H groups in total. The number of rotatable bonds is 4. The molecule has 108 valence electrons. The average Bonchev–Trinajstić information content (AvgIpc) is 2.38. The van der Waals surface area contributed by atoms with Gasteiger partial charge in [0.25, 0.3) is 0 Å². The quantitative estimate of drug-likeness (QED) is 0.706. The molecule has 0 aromatic rings. The van der Waals surface area contributed by atoms with Gasteiger partial charge in [-0.25, -0.2) is 0 Å². The van der Waals surface area contributed by atoms with E-state index in [4.69, 9.17) is 9.47 Å². The molecule has 0 aromatic heterocycles. The SMILES string of the molecule is C1CCC(OCOC23CC4CC(CC(C4)C2)C3)CC1. The Labute approximate surface area is 117 Å². The predicted octanol–water partition coefficient (Wildman–Crippen LogP) is 4.28. The summed E-state index contributed by atoms with van der Waals surface area (Å²) in [5, 5.41) is 0. The molecule has 0 amide bonds. The largest absolute Gasteiger partial charge is 0.352 e. The second kappa shape index (κ2) is 5.04. The van der Waals surface area contributed by atoms with Crippen LogP contribution in [0.4, 0.5) is 0 Å². The van der Waals surface area contributed by atoms with Crippen molar-refractivity contribution < 1.29 is 9.47 Å². The third-order valence-electron chi connectivity index (χ3n) is 6.20.